The van der Waals surface area contributed by atoms with Crippen LogP contribution >= 0.6 is 24.8 Å². The van der Waals surface area contributed by atoms with E-state index in [1.54, 1.807) is 6.33 Å². The first-order chi connectivity index (χ1) is 5.95. The normalized spacial score (nSPS) is 16.9. The Morgan fingerprint density at radius 2 is 2.00 bits per heavy atom. The zero-order chi connectivity index (χ0) is 8.23. The minimum absolute atomic E-state index is 0. The van der Waals surface area contributed by atoms with Gasteiger partial charge in [0.25, 0.3) is 0 Å². The first-order valence-corrected chi connectivity index (χ1v) is 4.63. The lowest BCUT2D eigenvalue weighted by molar-refractivity contribution is 0.370. The fraction of sp³-hybridized carbons (Fsp3) is 0.667. The van der Waals surface area contributed by atoms with Crippen molar-refractivity contribution < 1.29 is 0 Å². The lowest BCUT2D eigenvalue weighted by Crippen LogP contribution is -2.28. The van der Waals surface area contributed by atoms with Crippen molar-refractivity contribution in [1.82, 2.24) is 15.3 Å². The van der Waals surface area contributed by atoms with E-state index in [-0.39, 0.29) is 24.8 Å². The highest BCUT2D eigenvalue weighted by molar-refractivity contribution is 5.85. The monoisotopic (exact) mass is 237 g/mol. The fourth-order valence-corrected chi connectivity index (χ4v) is 1.78. The molecule has 0 amide bonds. The van der Waals surface area contributed by atoms with E-state index in [4.69, 9.17) is 0 Å². The van der Waals surface area contributed by atoms with Gasteiger partial charge >= 0.3 is 0 Å². The van der Waals surface area contributed by atoms with Gasteiger partial charge in [0.1, 0.15) is 0 Å². The highest BCUT2D eigenvalue weighted by atomic mass is 35.5. The third kappa shape index (κ3) is 3.86. The maximum absolute atomic E-state index is 4.23. The average molecular weight is 238 g/mol. The predicted octanol–water partition coefficient (Wildman–Crippen LogP) is 1.80. The van der Waals surface area contributed by atoms with E-state index in [0.29, 0.717) is 0 Å². The topological polar surface area (TPSA) is 40.7 Å². The molecule has 2 rings (SSSR count). The van der Waals surface area contributed by atoms with Gasteiger partial charge in [0.15, 0.2) is 0 Å². The van der Waals surface area contributed by atoms with Crippen LogP contribution in [0.5, 0.6) is 0 Å². The molecule has 82 valence electrons. The molecular weight excluding hydrogens is 221 g/mol. The summed E-state index contributed by atoms with van der Waals surface area (Å²) < 4.78 is 0. The number of nitrogens with zero attached hydrogens (tertiary/aromatic N) is 1. The lowest BCUT2D eigenvalue weighted by Gasteiger charge is -2.21. The van der Waals surface area contributed by atoms with Crippen molar-refractivity contribution >= 4 is 24.8 Å². The Kier molecular flexibility index (Phi) is 6.97. The van der Waals surface area contributed by atoms with E-state index >= 15 is 0 Å². The summed E-state index contributed by atoms with van der Waals surface area (Å²) >= 11 is 0. The van der Waals surface area contributed by atoms with Crippen LogP contribution in [-0.2, 0) is 6.42 Å². The molecule has 0 aliphatic carbocycles. The summed E-state index contributed by atoms with van der Waals surface area (Å²) in [7, 11) is 0. The summed E-state index contributed by atoms with van der Waals surface area (Å²) in [6.07, 6.45) is 7.50. The Labute approximate surface area is 96.9 Å². The zero-order valence-corrected chi connectivity index (χ0v) is 9.66. The van der Waals surface area contributed by atoms with Gasteiger partial charge < -0.3 is 10.3 Å². The number of rotatable bonds is 2. The molecule has 2 heterocycles. The van der Waals surface area contributed by atoms with E-state index in [9.17, 15) is 0 Å². The number of piperidine rings is 1. The van der Waals surface area contributed by atoms with Crippen molar-refractivity contribution in [3.8, 4) is 0 Å². The molecule has 0 saturated carbocycles. The van der Waals surface area contributed by atoms with E-state index in [2.05, 4.69) is 15.3 Å². The van der Waals surface area contributed by atoms with Crippen LogP contribution in [0.4, 0.5) is 0 Å². The number of H-pyrrole nitrogens is 1. The molecule has 1 saturated heterocycles. The Morgan fingerprint density at radius 1 is 1.29 bits per heavy atom. The van der Waals surface area contributed by atoms with Crippen LogP contribution in [0, 0.1) is 5.92 Å². The van der Waals surface area contributed by atoms with Crippen molar-refractivity contribution in [3.05, 3.63) is 18.2 Å². The highest BCUT2D eigenvalue weighted by Gasteiger charge is 2.13. The summed E-state index contributed by atoms with van der Waals surface area (Å²) in [5.41, 5.74) is 1.21. The fourth-order valence-electron chi connectivity index (χ4n) is 1.78. The van der Waals surface area contributed by atoms with Crippen LogP contribution in [0.15, 0.2) is 12.5 Å². The van der Waals surface area contributed by atoms with Crippen molar-refractivity contribution in [2.45, 2.75) is 19.3 Å². The summed E-state index contributed by atoms with van der Waals surface area (Å²) in [5.74, 6) is 0.842. The average Bonchev–Trinajstić information content (AvgIpc) is 2.59. The van der Waals surface area contributed by atoms with Crippen LogP contribution < -0.4 is 5.32 Å². The number of aromatic nitrogens is 2. The second kappa shape index (κ2) is 7.10. The van der Waals surface area contributed by atoms with E-state index in [1.165, 1.54) is 31.6 Å². The zero-order valence-electron chi connectivity index (χ0n) is 8.03. The summed E-state index contributed by atoms with van der Waals surface area (Å²) in [4.78, 5) is 7.23. The van der Waals surface area contributed by atoms with Crippen molar-refractivity contribution in [2.75, 3.05) is 13.1 Å². The summed E-state index contributed by atoms with van der Waals surface area (Å²) in [6.45, 7) is 2.35. The third-order valence-corrected chi connectivity index (χ3v) is 2.51. The van der Waals surface area contributed by atoms with E-state index in [1.807, 2.05) is 6.20 Å². The number of nitrogens with one attached hydrogen (secondary N) is 2. The molecule has 0 aromatic carbocycles. The van der Waals surface area contributed by atoms with Crippen LogP contribution in [0.2, 0.25) is 0 Å². The number of hydrogen-bond donors (Lipinski definition) is 2. The van der Waals surface area contributed by atoms with Crippen molar-refractivity contribution in [2.24, 2.45) is 5.92 Å². The molecule has 1 aliphatic heterocycles. The largest absolute Gasteiger partial charge is 0.351 e. The van der Waals surface area contributed by atoms with Gasteiger partial charge in [0.05, 0.1) is 12.0 Å². The van der Waals surface area contributed by atoms with Crippen LogP contribution in [-0.4, -0.2) is 23.1 Å². The van der Waals surface area contributed by atoms with Crippen molar-refractivity contribution in [1.29, 1.82) is 0 Å². The lowest BCUT2D eigenvalue weighted by atomic mass is 9.93. The minimum Gasteiger partial charge on any atom is -0.351 e. The molecule has 5 heteroatoms. The summed E-state index contributed by atoms with van der Waals surface area (Å²) in [6, 6.07) is 0. The van der Waals surface area contributed by atoms with Gasteiger partial charge in [-0.05, 0) is 38.3 Å². The highest BCUT2D eigenvalue weighted by Crippen LogP contribution is 2.15. The maximum atomic E-state index is 4.23. The molecule has 14 heavy (non-hydrogen) atoms. The Morgan fingerprint density at radius 3 is 2.57 bits per heavy atom. The van der Waals surface area contributed by atoms with Gasteiger partial charge in [-0.25, -0.2) is 4.98 Å². The second-order valence-corrected chi connectivity index (χ2v) is 3.46. The number of halogens is 2. The molecule has 0 unspecified atom stereocenters. The molecule has 0 radical (unpaired) electrons. The van der Waals surface area contributed by atoms with Gasteiger partial charge in [0, 0.05) is 6.20 Å². The number of imidazole rings is 1. The molecule has 1 aromatic heterocycles. The smallest absolute Gasteiger partial charge is 0.0923 e. The molecule has 0 atom stereocenters. The van der Waals surface area contributed by atoms with Crippen molar-refractivity contribution in [3.63, 3.8) is 0 Å². The van der Waals surface area contributed by atoms with Gasteiger partial charge in [-0.3, -0.25) is 0 Å². The molecule has 2 N–H and O–H groups in total. The van der Waals surface area contributed by atoms with Crippen LogP contribution in [0.25, 0.3) is 0 Å². The Bertz CT molecular complexity index is 220. The van der Waals surface area contributed by atoms with Crippen LogP contribution in [0.3, 0.4) is 0 Å². The summed E-state index contributed by atoms with van der Waals surface area (Å²) in [5, 5.41) is 3.37. The van der Waals surface area contributed by atoms with Gasteiger partial charge in [-0.15, -0.1) is 24.8 Å². The predicted molar refractivity (Wildman–Crippen MR) is 62.4 cm³/mol. The minimum atomic E-state index is 0. The number of hydrogen-bond acceptors (Lipinski definition) is 2. The molecule has 1 aliphatic rings. The van der Waals surface area contributed by atoms with Gasteiger partial charge in [0.2, 0.25) is 0 Å². The Balaban J connectivity index is 0.000000845. The molecule has 3 nitrogen and oxygen atoms in total. The first kappa shape index (κ1) is 13.8. The first-order valence-electron chi connectivity index (χ1n) is 4.63. The van der Waals surface area contributed by atoms with Gasteiger partial charge in [-0.2, -0.15) is 0 Å². The molecule has 1 fully saturated rings. The van der Waals surface area contributed by atoms with Crippen LogP contribution in [0.1, 0.15) is 18.5 Å². The SMILES string of the molecule is Cl.Cl.c1nc(CC2CCNCC2)c[nH]1. The molecular formula is C9H17Cl2N3. The second-order valence-electron chi connectivity index (χ2n) is 3.46. The quantitative estimate of drug-likeness (QED) is 0.824. The van der Waals surface area contributed by atoms with E-state index < -0.39 is 0 Å². The molecule has 0 bridgehead atoms. The molecule has 0 spiro atoms. The molecule has 1 aromatic rings. The van der Waals surface area contributed by atoms with Gasteiger partial charge in [-0.1, -0.05) is 0 Å². The third-order valence-electron chi connectivity index (χ3n) is 2.51. The standard InChI is InChI=1S/C9H15N3.2ClH/c1-3-10-4-2-8(1)5-9-6-11-7-12-9;;/h6-8,10H,1-5H2,(H,11,12);2*1H. The maximum Gasteiger partial charge on any atom is 0.0923 e. The Hall–Kier alpha value is -0.250. The number of aromatic amines is 1. The van der Waals surface area contributed by atoms with E-state index in [0.717, 1.165) is 12.3 Å².